The summed E-state index contributed by atoms with van der Waals surface area (Å²) in [7, 11) is 0. The molecule has 2 aromatic heterocycles. The molecule has 7 heteroatoms. The topological polar surface area (TPSA) is 95.1 Å². The molecule has 0 spiro atoms. The predicted molar refractivity (Wildman–Crippen MR) is 75.8 cm³/mol. The van der Waals surface area contributed by atoms with Crippen LogP contribution in [0.25, 0.3) is 0 Å². The van der Waals surface area contributed by atoms with Crippen molar-refractivity contribution in [3.63, 3.8) is 0 Å². The number of aromatic nitrogens is 3. The molecule has 0 fully saturated rings. The number of aryl methyl sites for hydroxylation is 1. The molecule has 2 rings (SSSR count). The Labute approximate surface area is 116 Å². The zero-order valence-electron chi connectivity index (χ0n) is 11.5. The first-order valence-electron chi connectivity index (χ1n) is 6.36. The number of nitrogens with two attached hydrogens (primary N) is 1. The third-order valence-electron chi connectivity index (χ3n) is 2.71. The fraction of sp³-hybridized carbons (Fsp3) is 0.308. The summed E-state index contributed by atoms with van der Waals surface area (Å²) in [5.74, 6) is -0.0501. The molecule has 20 heavy (non-hydrogen) atoms. The van der Waals surface area contributed by atoms with E-state index < -0.39 is 5.97 Å². The van der Waals surface area contributed by atoms with Gasteiger partial charge in [0.25, 0.3) is 0 Å². The first-order valence-corrected chi connectivity index (χ1v) is 6.36. The summed E-state index contributed by atoms with van der Waals surface area (Å²) in [6.45, 7) is 4.80. The Kier molecular flexibility index (Phi) is 4.19. The number of ether oxygens (including phenoxy) is 1. The van der Waals surface area contributed by atoms with Crippen molar-refractivity contribution >= 4 is 23.2 Å². The van der Waals surface area contributed by atoms with Gasteiger partial charge in [-0.2, -0.15) is 5.10 Å². The number of pyridine rings is 1. The van der Waals surface area contributed by atoms with E-state index in [2.05, 4.69) is 15.4 Å². The molecule has 106 valence electrons. The van der Waals surface area contributed by atoms with Crippen LogP contribution in [0, 0.1) is 0 Å². The van der Waals surface area contributed by atoms with E-state index in [1.165, 1.54) is 12.3 Å². The quantitative estimate of drug-likeness (QED) is 0.808. The number of anilines is 3. The number of nitrogens with one attached hydrogen (secondary N) is 1. The molecule has 0 aliphatic heterocycles. The highest BCUT2D eigenvalue weighted by molar-refractivity contribution is 5.97. The van der Waals surface area contributed by atoms with Gasteiger partial charge in [0, 0.05) is 18.9 Å². The van der Waals surface area contributed by atoms with E-state index in [0.717, 1.165) is 12.2 Å². The monoisotopic (exact) mass is 275 g/mol. The fourth-order valence-electron chi connectivity index (χ4n) is 1.70. The van der Waals surface area contributed by atoms with Crippen LogP contribution in [-0.2, 0) is 11.3 Å². The molecule has 0 aromatic carbocycles. The molecule has 0 saturated heterocycles. The van der Waals surface area contributed by atoms with Gasteiger partial charge in [-0.1, -0.05) is 0 Å². The third-order valence-corrected chi connectivity index (χ3v) is 2.71. The smallest absolute Gasteiger partial charge is 0.340 e. The van der Waals surface area contributed by atoms with Gasteiger partial charge in [0.1, 0.15) is 0 Å². The minimum absolute atomic E-state index is 0.259. The molecule has 3 N–H and O–H groups in total. The van der Waals surface area contributed by atoms with Crippen LogP contribution in [0.2, 0.25) is 0 Å². The van der Waals surface area contributed by atoms with Crippen molar-refractivity contribution < 1.29 is 9.53 Å². The number of nitrogen functional groups attached to an aromatic ring is 1. The Hall–Kier alpha value is -2.57. The number of hydrogen-bond donors (Lipinski definition) is 2. The predicted octanol–water partition coefficient (Wildman–Crippen LogP) is 1.80. The summed E-state index contributed by atoms with van der Waals surface area (Å²) in [6.07, 6.45) is 5.01. The van der Waals surface area contributed by atoms with E-state index in [0.29, 0.717) is 18.0 Å². The van der Waals surface area contributed by atoms with Gasteiger partial charge in [-0.25, -0.2) is 9.78 Å². The second-order valence-electron chi connectivity index (χ2n) is 4.05. The van der Waals surface area contributed by atoms with E-state index in [1.807, 2.05) is 13.1 Å². The maximum absolute atomic E-state index is 11.7. The molecule has 0 radical (unpaired) electrons. The molecule has 0 bridgehead atoms. The number of esters is 1. The van der Waals surface area contributed by atoms with Crippen LogP contribution in [0.5, 0.6) is 0 Å². The molecule has 0 aliphatic rings. The second kappa shape index (κ2) is 6.05. The van der Waals surface area contributed by atoms with E-state index in [9.17, 15) is 4.79 Å². The number of hydrogen-bond acceptors (Lipinski definition) is 6. The van der Waals surface area contributed by atoms with Crippen molar-refractivity contribution in [2.24, 2.45) is 0 Å². The lowest BCUT2D eigenvalue weighted by atomic mass is 10.2. The van der Waals surface area contributed by atoms with Gasteiger partial charge < -0.3 is 15.8 Å². The van der Waals surface area contributed by atoms with Crippen molar-refractivity contribution in [2.75, 3.05) is 17.7 Å². The highest BCUT2D eigenvalue weighted by atomic mass is 16.5. The minimum Gasteiger partial charge on any atom is -0.462 e. The normalized spacial score (nSPS) is 10.3. The molecule has 2 aromatic rings. The van der Waals surface area contributed by atoms with Gasteiger partial charge in [-0.05, 0) is 19.9 Å². The Morgan fingerprint density at radius 2 is 2.30 bits per heavy atom. The fourth-order valence-corrected chi connectivity index (χ4v) is 1.70. The molecule has 0 saturated carbocycles. The van der Waals surface area contributed by atoms with Crippen LogP contribution in [0.15, 0.2) is 24.7 Å². The average molecular weight is 275 g/mol. The van der Waals surface area contributed by atoms with Crippen LogP contribution in [0.1, 0.15) is 24.2 Å². The van der Waals surface area contributed by atoms with Gasteiger partial charge >= 0.3 is 5.97 Å². The zero-order valence-corrected chi connectivity index (χ0v) is 11.5. The largest absolute Gasteiger partial charge is 0.462 e. The van der Waals surface area contributed by atoms with Crippen molar-refractivity contribution in [1.29, 1.82) is 0 Å². The molecule has 7 nitrogen and oxygen atoms in total. The Morgan fingerprint density at radius 3 is 2.95 bits per heavy atom. The van der Waals surface area contributed by atoms with Crippen LogP contribution in [-0.4, -0.2) is 27.3 Å². The number of rotatable bonds is 5. The summed E-state index contributed by atoms with van der Waals surface area (Å²) >= 11 is 0. The molecule has 2 heterocycles. The molecule has 0 unspecified atom stereocenters. The average Bonchev–Trinajstić information content (AvgIpc) is 2.89. The second-order valence-corrected chi connectivity index (χ2v) is 4.05. The van der Waals surface area contributed by atoms with Crippen LogP contribution >= 0.6 is 0 Å². The van der Waals surface area contributed by atoms with Crippen molar-refractivity contribution in [2.45, 2.75) is 20.4 Å². The van der Waals surface area contributed by atoms with E-state index in [4.69, 9.17) is 10.5 Å². The zero-order chi connectivity index (χ0) is 14.5. The number of carbonyl (C=O) groups is 1. The molecular formula is C13H17N5O2. The van der Waals surface area contributed by atoms with E-state index >= 15 is 0 Å². The summed E-state index contributed by atoms with van der Waals surface area (Å²) in [4.78, 5) is 15.9. The maximum atomic E-state index is 11.7. The highest BCUT2D eigenvalue weighted by Crippen LogP contribution is 2.24. The summed E-state index contributed by atoms with van der Waals surface area (Å²) in [6, 6.07) is 1.54. The third kappa shape index (κ3) is 2.87. The summed E-state index contributed by atoms with van der Waals surface area (Å²) in [5.41, 5.74) is 7.26. The first kappa shape index (κ1) is 13.9. The van der Waals surface area contributed by atoms with Gasteiger partial charge in [-0.3, -0.25) is 4.68 Å². The van der Waals surface area contributed by atoms with Gasteiger partial charge in [-0.15, -0.1) is 0 Å². The first-order chi connectivity index (χ1) is 9.65. The van der Waals surface area contributed by atoms with Gasteiger partial charge in [0.2, 0.25) is 0 Å². The summed E-state index contributed by atoms with van der Waals surface area (Å²) in [5, 5.41) is 7.18. The number of carbonyl (C=O) groups excluding carboxylic acids is 1. The molecular weight excluding hydrogens is 258 g/mol. The Bertz CT molecular complexity index is 609. The number of nitrogens with zero attached hydrogens (tertiary/aromatic N) is 3. The molecule has 0 aliphatic carbocycles. The molecule has 0 atom stereocenters. The van der Waals surface area contributed by atoms with Crippen molar-refractivity contribution in [3.8, 4) is 0 Å². The lowest BCUT2D eigenvalue weighted by Crippen LogP contribution is -2.10. The standard InChI is InChI=1S/C13H17N5O2/c1-3-18-8-9(7-16-18)17-12-11(14)10(5-6-15-12)13(19)20-4-2/h5-8H,3-4,14H2,1-2H3,(H,15,17). The van der Waals surface area contributed by atoms with E-state index in [-0.39, 0.29) is 5.69 Å². The molecule has 0 amide bonds. The van der Waals surface area contributed by atoms with Crippen LogP contribution in [0.4, 0.5) is 17.2 Å². The Morgan fingerprint density at radius 1 is 1.50 bits per heavy atom. The SMILES string of the molecule is CCOC(=O)c1ccnc(Nc2cnn(CC)c2)c1N. The summed E-state index contributed by atoms with van der Waals surface area (Å²) < 4.78 is 6.72. The van der Waals surface area contributed by atoms with Crippen LogP contribution in [0.3, 0.4) is 0 Å². The highest BCUT2D eigenvalue weighted by Gasteiger charge is 2.14. The lowest BCUT2D eigenvalue weighted by Gasteiger charge is -2.10. The van der Waals surface area contributed by atoms with E-state index in [1.54, 1.807) is 17.8 Å². The maximum Gasteiger partial charge on any atom is 0.340 e. The van der Waals surface area contributed by atoms with Gasteiger partial charge in [0.05, 0.1) is 29.7 Å². The Balaban J connectivity index is 2.24. The van der Waals surface area contributed by atoms with Gasteiger partial charge in [0.15, 0.2) is 5.82 Å². The van der Waals surface area contributed by atoms with Crippen LogP contribution < -0.4 is 11.1 Å². The lowest BCUT2D eigenvalue weighted by molar-refractivity contribution is 0.0527. The minimum atomic E-state index is -0.459. The van der Waals surface area contributed by atoms with Crippen molar-refractivity contribution in [3.05, 3.63) is 30.2 Å². The van der Waals surface area contributed by atoms with Crippen molar-refractivity contribution in [1.82, 2.24) is 14.8 Å².